The van der Waals surface area contributed by atoms with Gasteiger partial charge in [0.15, 0.2) is 0 Å². The first-order valence-corrected chi connectivity index (χ1v) is 11.6. The number of piperidine rings is 1. The standard InChI is InChI=1S/C25H30FN5O/c26-22-7-3-2-6-21(22)20-8-9-24-27-23(19-31(24)18-20)25(32)30-16-14-29(15-17-30)13-12-28-10-4-1-5-11-28/h2-3,6-9,18-19H,1,4-5,10-17H2. The maximum absolute atomic E-state index is 14.2. The fraction of sp³-hybridized carbons (Fsp3) is 0.440. The third-order valence-electron chi connectivity index (χ3n) is 6.70. The Morgan fingerprint density at radius 2 is 1.56 bits per heavy atom. The number of likely N-dealkylation sites (tertiary alicyclic amines) is 1. The summed E-state index contributed by atoms with van der Waals surface area (Å²) < 4.78 is 16.0. The second kappa shape index (κ2) is 9.38. The molecule has 7 heteroatoms. The molecular weight excluding hydrogens is 405 g/mol. The Kier molecular flexibility index (Phi) is 6.19. The Hall–Kier alpha value is -2.77. The fourth-order valence-electron chi connectivity index (χ4n) is 4.75. The molecule has 2 saturated heterocycles. The Morgan fingerprint density at radius 1 is 0.844 bits per heavy atom. The molecule has 0 bridgehead atoms. The molecule has 32 heavy (non-hydrogen) atoms. The number of imidazole rings is 1. The van der Waals surface area contributed by atoms with Gasteiger partial charge >= 0.3 is 0 Å². The summed E-state index contributed by atoms with van der Waals surface area (Å²) in [5.74, 6) is -0.293. The van der Waals surface area contributed by atoms with Crippen LogP contribution in [0.5, 0.6) is 0 Å². The highest BCUT2D eigenvalue weighted by Gasteiger charge is 2.24. The number of halogens is 1. The SMILES string of the molecule is O=C(c1cn2cc(-c3ccccc3F)ccc2n1)N1CCN(CCN2CCCCC2)CC1. The highest BCUT2D eigenvalue weighted by molar-refractivity contribution is 5.93. The van der Waals surface area contributed by atoms with E-state index >= 15 is 0 Å². The lowest BCUT2D eigenvalue weighted by Gasteiger charge is -2.36. The Labute approximate surface area is 188 Å². The topological polar surface area (TPSA) is 44.1 Å². The second-order valence-corrected chi connectivity index (χ2v) is 8.83. The van der Waals surface area contributed by atoms with Crippen LogP contribution in [-0.2, 0) is 0 Å². The Morgan fingerprint density at radius 3 is 2.31 bits per heavy atom. The van der Waals surface area contributed by atoms with Gasteiger partial charge in [-0.1, -0.05) is 24.6 Å². The summed E-state index contributed by atoms with van der Waals surface area (Å²) in [6, 6.07) is 10.4. The van der Waals surface area contributed by atoms with Crippen LogP contribution in [0.2, 0.25) is 0 Å². The molecule has 1 aromatic carbocycles. The molecule has 0 spiro atoms. The van der Waals surface area contributed by atoms with E-state index in [-0.39, 0.29) is 11.7 Å². The monoisotopic (exact) mass is 435 g/mol. The molecule has 3 aromatic rings. The van der Waals surface area contributed by atoms with Gasteiger partial charge < -0.3 is 14.2 Å². The largest absolute Gasteiger partial charge is 0.335 e. The number of carbonyl (C=O) groups is 1. The van der Waals surface area contributed by atoms with Crippen LogP contribution < -0.4 is 0 Å². The molecule has 0 unspecified atom stereocenters. The van der Waals surface area contributed by atoms with Gasteiger partial charge in [-0.05, 0) is 44.1 Å². The number of rotatable bonds is 5. The molecule has 6 nitrogen and oxygen atoms in total. The van der Waals surface area contributed by atoms with Gasteiger partial charge in [-0.3, -0.25) is 9.69 Å². The zero-order valence-corrected chi connectivity index (χ0v) is 18.4. The van der Waals surface area contributed by atoms with Crippen LogP contribution >= 0.6 is 0 Å². The minimum atomic E-state index is -0.263. The predicted molar refractivity (Wildman–Crippen MR) is 123 cm³/mol. The van der Waals surface area contributed by atoms with Crippen LogP contribution in [0.4, 0.5) is 4.39 Å². The van der Waals surface area contributed by atoms with Crippen molar-refractivity contribution in [2.24, 2.45) is 0 Å². The van der Waals surface area contributed by atoms with Gasteiger partial charge in [-0.2, -0.15) is 0 Å². The number of hydrogen-bond acceptors (Lipinski definition) is 4. The van der Waals surface area contributed by atoms with Gasteiger partial charge in [0.05, 0.1) is 0 Å². The van der Waals surface area contributed by atoms with E-state index in [1.54, 1.807) is 18.3 Å². The van der Waals surface area contributed by atoms with Crippen LogP contribution in [-0.4, -0.2) is 82.3 Å². The van der Waals surface area contributed by atoms with Crippen LogP contribution in [0.1, 0.15) is 29.8 Å². The summed E-state index contributed by atoms with van der Waals surface area (Å²) in [6.45, 7) is 7.94. The lowest BCUT2D eigenvalue weighted by atomic mass is 10.1. The van der Waals surface area contributed by atoms with E-state index < -0.39 is 0 Å². The van der Waals surface area contributed by atoms with E-state index in [1.807, 2.05) is 33.7 Å². The minimum absolute atomic E-state index is 0.0307. The maximum atomic E-state index is 14.2. The van der Waals surface area contributed by atoms with E-state index in [9.17, 15) is 9.18 Å². The van der Waals surface area contributed by atoms with Crippen LogP contribution in [0.3, 0.4) is 0 Å². The van der Waals surface area contributed by atoms with Gasteiger partial charge in [0.1, 0.15) is 17.2 Å². The van der Waals surface area contributed by atoms with E-state index in [1.165, 1.54) is 38.4 Å². The highest BCUT2D eigenvalue weighted by atomic mass is 19.1. The zero-order chi connectivity index (χ0) is 21.9. The summed E-state index contributed by atoms with van der Waals surface area (Å²) in [7, 11) is 0. The first-order chi connectivity index (χ1) is 15.7. The molecule has 0 atom stereocenters. The van der Waals surface area contributed by atoms with Crippen molar-refractivity contribution >= 4 is 11.6 Å². The number of aromatic nitrogens is 2. The number of hydrogen-bond donors (Lipinski definition) is 0. The number of pyridine rings is 1. The first kappa shape index (κ1) is 21.1. The second-order valence-electron chi connectivity index (χ2n) is 8.83. The molecule has 0 aliphatic carbocycles. The van der Waals surface area contributed by atoms with E-state index in [0.29, 0.717) is 16.9 Å². The van der Waals surface area contributed by atoms with E-state index in [0.717, 1.165) is 44.8 Å². The van der Waals surface area contributed by atoms with E-state index in [2.05, 4.69) is 14.8 Å². The smallest absolute Gasteiger partial charge is 0.274 e. The third-order valence-corrected chi connectivity index (χ3v) is 6.70. The molecule has 0 N–H and O–H groups in total. The number of benzene rings is 1. The number of fused-ring (bicyclic) bond motifs is 1. The average molecular weight is 436 g/mol. The molecular formula is C25H30FN5O. The van der Waals surface area contributed by atoms with Crippen molar-refractivity contribution in [3.63, 3.8) is 0 Å². The highest BCUT2D eigenvalue weighted by Crippen LogP contribution is 2.23. The van der Waals surface area contributed by atoms with Crippen molar-refractivity contribution in [3.8, 4) is 11.1 Å². The van der Waals surface area contributed by atoms with Crippen molar-refractivity contribution in [3.05, 3.63) is 60.3 Å². The number of amides is 1. The quantitative estimate of drug-likeness (QED) is 0.616. The summed E-state index contributed by atoms with van der Waals surface area (Å²) in [6.07, 6.45) is 7.59. The average Bonchev–Trinajstić information content (AvgIpc) is 3.27. The number of carbonyl (C=O) groups excluding carboxylic acids is 1. The summed E-state index contributed by atoms with van der Waals surface area (Å²) in [4.78, 5) is 24.5. The Balaban J connectivity index is 1.21. The van der Waals surface area contributed by atoms with Crippen molar-refractivity contribution in [2.45, 2.75) is 19.3 Å². The summed E-state index contributed by atoms with van der Waals surface area (Å²) >= 11 is 0. The number of nitrogens with zero attached hydrogens (tertiary/aromatic N) is 5. The Bertz CT molecular complexity index is 1080. The fourth-order valence-corrected chi connectivity index (χ4v) is 4.75. The van der Waals surface area contributed by atoms with Crippen LogP contribution in [0.25, 0.3) is 16.8 Å². The van der Waals surface area contributed by atoms with Gasteiger partial charge in [0.2, 0.25) is 0 Å². The molecule has 2 fully saturated rings. The molecule has 1 amide bonds. The molecule has 4 heterocycles. The number of piperazine rings is 1. The van der Waals surface area contributed by atoms with Crippen LogP contribution in [0, 0.1) is 5.82 Å². The summed E-state index contributed by atoms with van der Waals surface area (Å²) in [5, 5.41) is 0. The lowest BCUT2D eigenvalue weighted by molar-refractivity contribution is 0.0614. The van der Waals surface area contributed by atoms with Gasteiger partial charge in [0.25, 0.3) is 5.91 Å². The lowest BCUT2D eigenvalue weighted by Crippen LogP contribution is -2.50. The van der Waals surface area contributed by atoms with Gasteiger partial charge in [-0.15, -0.1) is 0 Å². The van der Waals surface area contributed by atoms with Crippen molar-refractivity contribution in [2.75, 3.05) is 52.4 Å². The molecule has 5 rings (SSSR count). The van der Waals surface area contributed by atoms with Crippen molar-refractivity contribution in [1.82, 2.24) is 24.1 Å². The van der Waals surface area contributed by atoms with E-state index in [4.69, 9.17) is 0 Å². The van der Waals surface area contributed by atoms with Gasteiger partial charge in [0, 0.05) is 62.8 Å². The molecule has 0 radical (unpaired) electrons. The maximum Gasteiger partial charge on any atom is 0.274 e. The zero-order valence-electron chi connectivity index (χ0n) is 18.4. The van der Waals surface area contributed by atoms with Crippen LogP contribution in [0.15, 0.2) is 48.8 Å². The molecule has 168 valence electrons. The van der Waals surface area contributed by atoms with Crippen molar-refractivity contribution < 1.29 is 9.18 Å². The van der Waals surface area contributed by atoms with Crippen molar-refractivity contribution in [1.29, 1.82) is 0 Å². The molecule has 0 saturated carbocycles. The third kappa shape index (κ3) is 4.54. The summed E-state index contributed by atoms with van der Waals surface area (Å²) in [5.41, 5.74) is 2.43. The molecule has 2 aliphatic heterocycles. The predicted octanol–water partition coefficient (Wildman–Crippen LogP) is 3.38. The molecule has 2 aromatic heterocycles. The minimum Gasteiger partial charge on any atom is -0.335 e. The normalized spacial score (nSPS) is 18.3. The van der Waals surface area contributed by atoms with Gasteiger partial charge in [-0.25, -0.2) is 9.37 Å². The molecule has 2 aliphatic rings. The first-order valence-electron chi connectivity index (χ1n) is 11.6.